The molecule has 90 valence electrons. The second-order valence-electron chi connectivity index (χ2n) is 3.42. The van der Waals surface area contributed by atoms with Crippen molar-refractivity contribution in [3.8, 4) is 0 Å². The lowest BCUT2D eigenvalue weighted by Crippen LogP contribution is -2.34. The Morgan fingerprint density at radius 3 is 2.53 bits per heavy atom. The number of halogens is 4. The molecule has 7 heteroatoms. The van der Waals surface area contributed by atoms with E-state index in [1.54, 1.807) is 0 Å². The largest absolute Gasteiger partial charge is 0.299 e. The molecule has 0 N–H and O–H groups in total. The molecule has 0 atom stereocenters. The van der Waals surface area contributed by atoms with Crippen LogP contribution in [0.1, 0.15) is 10.4 Å². The summed E-state index contributed by atoms with van der Waals surface area (Å²) in [6.45, 7) is -0.887. The van der Waals surface area contributed by atoms with E-state index in [1.807, 2.05) is 0 Å². The first-order valence-electron chi connectivity index (χ1n) is 4.55. The normalized spacial score (nSPS) is 14.8. The van der Waals surface area contributed by atoms with Crippen LogP contribution in [0.3, 0.4) is 0 Å². The van der Waals surface area contributed by atoms with Crippen molar-refractivity contribution in [1.29, 1.82) is 0 Å². The third-order valence-electron chi connectivity index (χ3n) is 2.30. The molecule has 1 heterocycles. The summed E-state index contributed by atoms with van der Waals surface area (Å²) in [7, 11) is 0. The van der Waals surface area contributed by atoms with Gasteiger partial charge in [-0.15, -0.1) is 0 Å². The number of alkyl halides is 2. The van der Waals surface area contributed by atoms with Crippen LogP contribution in [0.15, 0.2) is 16.6 Å². The van der Waals surface area contributed by atoms with Crippen molar-refractivity contribution in [2.45, 2.75) is 6.43 Å². The molecule has 0 aromatic heterocycles. The predicted molar refractivity (Wildman–Crippen MR) is 56.8 cm³/mol. The highest BCUT2D eigenvalue weighted by molar-refractivity contribution is 9.10. The van der Waals surface area contributed by atoms with Gasteiger partial charge in [0.15, 0.2) is 0 Å². The topological polar surface area (TPSA) is 37.4 Å². The second kappa shape index (κ2) is 4.14. The molecule has 17 heavy (non-hydrogen) atoms. The summed E-state index contributed by atoms with van der Waals surface area (Å²) < 4.78 is 37.8. The minimum atomic E-state index is -2.77. The van der Waals surface area contributed by atoms with Crippen molar-refractivity contribution in [3.63, 3.8) is 0 Å². The number of rotatable bonds is 2. The van der Waals surface area contributed by atoms with E-state index in [2.05, 4.69) is 15.9 Å². The Kier molecular flexibility index (Phi) is 2.94. The monoisotopic (exact) mass is 307 g/mol. The standard InChI is InChI=1S/C10H5BrF3NO2/c11-6-2-4(12)1-5-8(6)15(3-7(13)14)10(17)9(5)16/h1-2,7H,3H2. The van der Waals surface area contributed by atoms with E-state index in [4.69, 9.17) is 0 Å². The van der Waals surface area contributed by atoms with Crippen molar-refractivity contribution >= 4 is 33.3 Å². The zero-order valence-electron chi connectivity index (χ0n) is 8.21. The highest BCUT2D eigenvalue weighted by Gasteiger charge is 2.39. The summed E-state index contributed by atoms with van der Waals surface area (Å²) in [5.41, 5.74) is -0.191. The van der Waals surface area contributed by atoms with Gasteiger partial charge in [-0.25, -0.2) is 13.2 Å². The highest BCUT2D eigenvalue weighted by atomic mass is 79.9. The first-order valence-corrected chi connectivity index (χ1v) is 5.34. The molecule has 1 aromatic carbocycles. The summed E-state index contributed by atoms with van der Waals surface area (Å²) in [6, 6.07) is 1.88. The van der Waals surface area contributed by atoms with Crippen molar-refractivity contribution in [2.75, 3.05) is 11.4 Å². The van der Waals surface area contributed by atoms with Gasteiger partial charge in [0.2, 0.25) is 0 Å². The van der Waals surface area contributed by atoms with Crippen LogP contribution in [0.5, 0.6) is 0 Å². The van der Waals surface area contributed by atoms with Crippen molar-refractivity contribution < 1.29 is 22.8 Å². The van der Waals surface area contributed by atoms with Crippen LogP contribution in [0, 0.1) is 5.82 Å². The lowest BCUT2D eigenvalue weighted by molar-refractivity contribution is -0.114. The van der Waals surface area contributed by atoms with Crippen molar-refractivity contribution in [2.24, 2.45) is 0 Å². The van der Waals surface area contributed by atoms with Crippen LogP contribution in [0.4, 0.5) is 18.9 Å². The van der Waals surface area contributed by atoms with Gasteiger partial charge < -0.3 is 0 Å². The molecule has 0 fully saturated rings. The minimum Gasteiger partial charge on any atom is -0.298 e. The highest BCUT2D eigenvalue weighted by Crippen LogP contribution is 2.37. The van der Waals surface area contributed by atoms with Crippen LogP contribution >= 0.6 is 15.9 Å². The first kappa shape index (κ1) is 12.1. The summed E-state index contributed by atoms with van der Waals surface area (Å²) in [6.07, 6.45) is -2.77. The second-order valence-corrected chi connectivity index (χ2v) is 4.27. The van der Waals surface area contributed by atoms with Crippen LogP contribution in [-0.2, 0) is 4.79 Å². The lowest BCUT2D eigenvalue weighted by Gasteiger charge is -2.16. The van der Waals surface area contributed by atoms with Gasteiger partial charge in [-0.3, -0.25) is 14.5 Å². The summed E-state index contributed by atoms with van der Waals surface area (Å²) in [5.74, 6) is -2.75. The number of nitrogens with zero attached hydrogens (tertiary/aromatic N) is 1. The van der Waals surface area contributed by atoms with Crippen LogP contribution in [-0.4, -0.2) is 24.7 Å². The minimum absolute atomic E-state index is 0.00157. The number of amides is 1. The van der Waals surface area contributed by atoms with Crippen LogP contribution < -0.4 is 4.90 Å². The molecule has 0 bridgehead atoms. The fourth-order valence-corrected chi connectivity index (χ4v) is 2.31. The molecule has 1 aromatic rings. The number of Topliss-reactive ketones (excluding diaryl/α,β-unsaturated/α-hetero) is 1. The van der Waals surface area contributed by atoms with Gasteiger partial charge in [-0.05, 0) is 28.1 Å². The molecule has 0 spiro atoms. The predicted octanol–water partition coefficient (Wildman–Crippen LogP) is 2.38. The maximum absolute atomic E-state index is 13.1. The smallest absolute Gasteiger partial charge is 0.298 e. The quantitative estimate of drug-likeness (QED) is 0.787. The van der Waals surface area contributed by atoms with E-state index < -0.39 is 30.5 Å². The molecule has 0 radical (unpaired) electrons. The van der Waals surface area contributed by atoms with E-state index in [-0.39, 0.29) is 15.7 Å². The van der Waals surface area contributed by atoms with Gasteiger partial charge in [-0.2, -0.15) is 0 Å². The van der Waals surface area contributed by atoms with Gasteiger partial charge in [0.05, 0.1) is 17.8 Å². The number of anilines is 1. The Morgan fingerprint density at radius 1 is 1.29 bits per heavy atom. The van der Waals surface area contributed by atoms with Crippen LogP contribution in [0.25, 0.3) is 0 Å². The van der Waals surface area contributed by atoms with E-state index in [0.29, 0.717) is 4.90 Å². The summed E-state index contributed by atoms with van der Waals surface area (Å²) >= 11 is 2.95. The number of hydrogen-bond acceptors (Lipinski definition) is 2. The first-order chi connectivity index (χ1) is 7.91. The summed E-state index contributed by atoms with van der Waals surface area (Å²) in [4.78, 5) is 23.6. The van der Waals surface area contributed by atoms with E-state index >= 15 is 0 Å². The Bertz CT molecular complexity index is 519. The molecule has 0 saturated carbocycles. The van der Waals surface area contributed by atoms with E-state index in [0.717, 1.165) is 12.1 Å². The van der Waals surface area contributed by atoms with E-state index in [1.165, 1.54) is 0 Å². The molecule has 1 amide bonds. The van der Waals surface area contributed by atoms with Gasteiger partial charge in [0.1, 0.15) is 5.82 Å². The Hall–Kier alpha value is -1.37. The fraction of sp³-hybridized carbons (Fsp3) is 0.200. The zero-order chi connectivity index (χ0) is 12.7. The number of ketones is 1. The number of benzene rings is 1. The third-order valence-corrected chi connectivity index (χ3v) is 2.91. The maximum atomic E-state index is 13.1. The van der Waals surface area contributed by atoms with Gasteiger partial charge in [0, 0.05) is 4.47 Å². The summed E-state index contributed by atoms with van der Waals surface area (Å²) in [5, 5.41) is 0. The van der Waals surface area contributed by atoms with Gasteiger partial charge >= 0.3 is 0 Å². The molecular formula is C10H5BrF3NO2. The Morgan fingerprint density at radius 2 is 1.94 bits per heavy atom. The Balaban J connectivity index is 2.56. The number of carbonyl (C=O) groups is 2. The number of hydrogen-bond donors (Lipinski definition) is 0. The van der Waals surface area contributed by atoms with Gasteiger partial charge in [0.25, 0.3) is 18.1 Å². The molecule has 2 rings (SSSR count). The zero-order valence-corrected chi connectivity index (χ0v) is 9.80. The molecule has 1 aliphatic heterocycles. The van der Waals surface area contributed by atoms with Crippen molar-refractivity contribution in [3.05, 3.63) is 28.0 Å². The SMILES string of the molecule is O=C1C(=O)N(CC(F)F)c2c(Br)cc(F)cc21. The fourth-order valence-electron chi connectivity index (χ4n) is 1.66. The maximum Gasteiger partial charge on any atom is 0.299 e. The van der Waals surface area contributed by atoms with Crippen molar-refractivity contribution in [1.82, 2.24) is 0 Å². The van der Waals surface area contributed by atoms with E-state index in [9.17, 15) is 22.8 Å². The average molecular weight is 308 g/mol. The van der Waals surface area contributed by atoms with Crippen LogP contribution in [0.2, 0.25) is 0 Å². The molecule has 0 unspecified atom stereocenters. The lowest BCUT2D eigenvalue weighted by atomic mass is 10.1. The molecule has 1 aliphatic rings. The molecular weight excluding hydrogens is 303 g/mol. The molecule has 3 nitrogen and oxygen atoms in total. The Labute approximate surface area is 102 Å². The average Bonchev–Trinajstić information content (AvgIpc) is 2.43. The number of carbonyl (C=O) groups excluding carboxylic acids is 2. The molecule has 0 saturated heterocycles. The van der Waals surface area contributed by atoms with Gasteiger partial charge in [-0.1, -0.05) is 0 Å². The number of fused-ring (bicyclic) bond motifs is 1. The third kappa shape index (κ3) is 1.95. The molecule has 0 aliphatic carbocycles.